The Labute approximate surface area is 151 Å². The summed E-state index contributed by atoms with van der Waals surface area (Å²) in [4.78, 5) is 12.5. The number of rotatable bonds is 5. The van der Waals surface area contributed by atoms with Crippen molar-refractivity contribution >= 4 is 11.7 Å². The van der Waals surface area contributed by atoms with Gasteiger partial charge in [0, 0.05) is 6.07 Å². The lowest BCUT2D eigenvalue weighted by molar-refractivity contribution is -0.115. The van der Waals surface area contributed by atoms with E-state index in [1.807, 2.05) is 66.2 Å². The number of hydrogen-bond donors (Lipinski definition) is 1. The molecule has 0 saturated carbocycles. The number of benzene rings is 2. The fraction of sp³-hybridized carbons (Fsp3) is 0.200. The molecule has 2 heterocycles. The molecule has 4 rings (SSSR count). The van der Waals surface area contributed by atoms with Gasteiger partial charge in [-0.25, -0.2) is 4.68 Å². The van der Waals surface area contributed by atoms with E-state index in [9.17, 15) is 4.79 Å². The lowest BCUT2D eigenvalue weighted by atomic mass is 10.1. The topological polar surface area (TPSA) is 65.4 Å². The number of carbonyl (C=O) groups is 1. The highest BCUT2D eigenvalue weighted by Crippen LogP contribution is 2.32. The van der Waals surface area contributed by atoms with E-state index in [2.05, 4.69) is 10.4 Å². The minimum atomic E-state index is -0.0990. The van der Waals surface area contributed by atoms with Gasteiger partial charge in [0.15, 0.2) is 11.5 Å². The normalized spacial score (nSPS) is 12.2. The van der Waals surface area contributed by atoms with Crippen molar-refractivity contribution in [2.75, 3.05) is 12.1 Å². The first-order chi connectivity index (χ1) is 12.7. The molecule has 0 saturated heterocycles. The van der Waals surface area contributed by atoms with Gasteiger partial charge in [-0.1, -0.05) is 36.4 Å². The largest absolute Gasteiger partial charge is 0.454 e. The second-order valence-corrected chi connectivity index (χ2v) is 6.23. The summed E-state index contributed by atoms with van der Waals surface area (Å²) in [5, 5.41) is 7.44. The molecule has 1 aliphatic rings. The molecule has 1 aliphatic heterocycles. The number of aromatic nitrogens is 2. The number of nitrogens with one attached hydrogen (secondary N) is 1. The molecule has 1 N–H and O–H groups in total. The van der Waals surface area contributed by atoms with Crippen molar-refractivity contribution in [3.8, 4) is 11.5 Å². The Kier molecular flexibility index (Phi) is 4.31. The Hall–Kier alpha value is -3.28. The number of carbonyl (C=O) groups excluding carboxylic acids is 1. The van der Waals surface area contributed by atoms with Gasteiger partial charge in [0.2, 0.25) is 12.7 Å². The van der Waals surface area contributed by atoms with Crippen LogP contribution in [-0.4, -0.2) is 22.5 Å². The molecule has 0 radical (unpaired) electrons. The van der Waals surface area contributed by atoms with Crippen LogP contribution < -0.4 is 14.8 Å². The minimum absolute atomic E-state index is 0.0990. The van der Waals surface area contributed by atoms with Crippen LogP contribution in [0.2, 0.25) is 0 Å². The first-order valence-corrected chi connectivity index (χ1v) is 8.44. The molecule has 0 spiro atoms. The Balaban J connectivity index is 1.46. The van der Waals surface area contributed by atoms with Crippen LogP contribution in [0.5, 0.6) is 11.5 Å². The van der Waals surface area contributed by atoms with E-state index in [0.717, 1.165) is 16.8 Å². The maximum Gasteiger partial charge on any atom is 0.231 e. The number of hydrogen-bond acceptors (Lipinski definition) is 4. The first-order valence-electron chi connectivity index (χ1n) is 8.44. The maximum absolute atomic E-state index is 12.5. The van der Waals surface area contributed by atoms with Gasteiger partial charge in [0.1, 0.15) is 5.82 Å². The molecule has 1 aromatic heterocycles. The second kappa shape index (κ2) is 6.92. The second-order valence-electron chi connectivity index (χ2n) is 6.23. The molecule has 26 heavy (non-hydrogen) atoms. The molecule has 3 aromatic rings. The lowest BCUT2D eigenvalue weighted by Gasteiger charge is -2.09. The van der Waals surface area contributed by atoms with Gasteiger partial charge < -0.3 is 14.8 Å². The molecular formula is C20H19N3O3. The van der Waals surface area contributed by atoms with Crippen molar-refractivity contribution in [2.24, 2.45) is 0 Å². The van der Waals surface area contributed by atoms with E-state index >= 15 is 0 Å². The Morgan fingerprint density at radius 2 is 1.88 bits per heavy atom. The zero-order chi connectivity index (χ0) is 17.9. The average molecular weight is 349 g/mol. The quantitative estimate of drug-likeness (QED) is 0.768. The van der Waals surface area contributed by atoms with Gasteiger partial charge in [0.05, 0.1) is 18.7 Å². The molecule has 1 amide bonds. The van der Waals surface area contributed by atoms with Crippen LogP contribution in [0.4, 0.5) is 5.82 Å². The molecule has 0 bridgehead atoms. The maximum atomic E-state index is 12.5. The van der Waals surface area contributed by atoms with Crippen molar-refractivity contribution in [2.45, 2.75) is 19.9 Å². The molecule has 0 fully saturated rings. The number of nitrogens with zero attached hydrogens (tertiary/aromatic N) is 2. The van der Waals surface area contributed by atoms with Crippen LogP contribution in [0, 0.1) is 6.92 Å². The Morgan fingerprint density at radius 1 is 1.08 bits per heavy atom. The molecule has 0 aliphatic carbocycles. The van der Waals surface area contributed by atoms with Crippen LogP contribution in [0.15, 0.2) is 54.6 Å². The highest BCUT2D eigenvalue weighted by molar-refractivity contribution is 5.91. The van der Waals surface area contributed by atoms with Gasteiger partial charge in [-0.3, -0.25) is 4.79 Å². The van der Waals surface area contributed by atoms with Crippen LogP contribution >= 0.6 is 0 Å². The van der Waals surface area contributed by atoms with Gasteiger partial charge in [-0.2, -0.15) is 5.10 Å². The van der Waals surface area contributed by atoms with E-state index in [1.54, 1.807) is 0 Å². The number of fused-ring (bicyclic) bond motifs is 1. The standard InChI is InChI=1S/C20H19N3O3/c1-14-9-19(23(22-14)12-15-5-3-2-4-6-15)21-20(24)11-16-7-8-17-18(10-16)26-13-25-17/h2-10H,11-13H2,1H3,(H,21,24). The fourth-order valence-electron chi connectivity index (χ4n) is 2.95. The molecular weight excluding hydrogens is 330 g/mol. The van der Waals surface area contributed by atoms with E-state index in [-0.39, 0.29) is 19.1 Å². The summed E-state index contributed by atoms with van der Waals surface area (Å²) in [6.45, 7) is 2.74. The zero-order valence-electron chi connectivity index (χ0n) is 14.4. The SMILES string of the molecule is Cc1cc(NC(=O)Cc2ccc3c(c2)OCO3)n(Cc2ccccc2)n1. The Bertz CT molecular complexity index is 935. The van der Waals surface area contributed by atoms with E-state index in [1.165, 1.54) is 0 Å². The van der Waals surface area contributed by atoms with Crippen LogP contribution in [-0.2, 0) is 17.8 Å². The summed E-state index contributed by atoms with van der Waals surface area (Å²) >= 11 is 0. The van der Waals surface area contributed by atoms with Crippen LogP contribution in [0.25, 0.3) is 0 Å². The summed E-state index contributed by atoms with van der Waals surface area (Å²) in [6, 6.07) is 17.5. The van der Waals surface area contributed by atoms with Crippen molar-refractivity contribution < 1.29 is 14.3 Å². The van der Waals surface area contributed by atoms with Crippen molar-refractivity contribution in [3.05, 3.63) is 71.4 Å². The Morgan fingerprint density at radius 3 is 2.73 bits per heavy atom. The van der Waals surface area contributed by atoms with Crippen molar-refractivity contribution in [1.29, 1.82) is 0 Å². The third kappa shape index (κ3) is 3.54. The highest BCUT2D eigenvalue weighted by Gasteiger charge is 2.15. The fourth-order valence-corrected chi connectivity index (χ4v) is 2.95. The zero-order valence-corrected chi connectivity index (χ0v) is 14.4. The van der Waals surface area contributed by atoms with Crippen molar-refractivity contribution in [3.63, 3.8) is 0 Å². The highest BCUT2D eigenvalue weighted by atomic mass is 16.7. The van der Waals surface area contributed by atoms with Gasteiger partial charge in [-0.15, -0.1) is 0 Å². The predicted octanol–water partition coefficient (Wildman–Crippen LogP) is 3.15. The molecule has 0 atom stereocenters. The van der Waals surface area contributed by atoms with Gasteiger partial charge >= 0.3 is 0 Å². The molecule has 6 nitrogen and oxygen atoms in total. The van der Waals surface area contributed by atoms with E-state index < -0.39 is 0 Å². The third-order valence-corrected chi connectivity index (χ3v) is 4.15. The summed E-state index contributed by atoms with van der Waals surface area (Å²) in [6.07, 6.45) is 0.256. The van der Waals surface area contributed by atoms with E-state index in [0.29, 0.717) is 23.9 Å². The predicted molar refractivity (Wildman–Crippen MR) is 97.4 cm³/mol. The number of anilines is 1. The van der Waals surface area contributed by atoms with Crippen LogP contribution in [0.3, 0.4) is 0 Å². The first kappa shape index (κ1) is 16.2. The van der Waals surface area contributed by atoms with E-state index in [4.69, 9.17) is 9.47 Å². The van der Waals surface area contributed by atoms with Gasteiger partial charge in [-0.05, 0) is 30.2 Å². The van der Waals surface area contributed by atoms with Crippen molar-refractivity contribution in [1.82, 2.24) is 9.78 Å². The monoisotopic (exact) mass is 349 g/mol. The minimum Gasteiger partial charge on any atom is -0.454 e. The third-order valence-electron chi connectivity index (χ3n) is 4.15. The summed E-state index contributed by atoms with van der Waals surface area (Å²) in [7, 11) is 0. The molecule has 2 aromatic carbocycles. The number of amides is 1. The summed E-state index contributed by atoms with van der Waals surface area (Å²) in [5.74, 6) is 1.99. The molecule has 132 valence electrons. The number of aryl methyl sites for hydroxylation is 1. The summed E-state index contributed by atoms with van der Waals surface area (Å²) in [5.41, 5.74) is 2.86. The average Bonchev–Trinajstić information content (AvgIpc) is 3.22. The summed E-state index contributed by atoms with van der Waals surface area (Å²) < 4.78 is 12.5. The van der Waals surface area contributed by atoms with Gasteiger partial charge in [0.25, 0.3) is 0 Å². The number of ether oxygens (including phenoxy) is 2. The molecule has 0 unspecified atom stereocenters. The smallest absolute Gasteiger partial charge is 0.231 e. The van der Waals surface area contributed by atoms with Crippen LogP contribution in [0.1, 0.15) is 16.8 Å². The lowest BCUT2D eigenvalue weighted by Crippen LogP contribution is -2.18. The molecule has 6 heteroatoms.